The van der Waals surface area contributed by atoms with E-state index < -0.39 is 0 Å². The van der Waals surface area contributed by atoms with Crippen LogP contribution < -0.4 is 0 Å². The molecule has 0 atom stereocenters. The highest BCUT2D eigenvalue weighted by molar-refractivity contribution is 4.96. The summed E-state index contributed by atoms with van der Waals surface area (Å²) in [6.45, 7) is 14.6. The van der Waals surface area contributed by atoms with Crippen molar-refractivity contribution >= 4 is 0 Å². The Labute approximate surface area is 108 Å². The quantitative estimate of drug-likeness (QED) is 0.656. The van der Waals surface area contributed by atoms with E-state index in [-0.39, 0.29) is 0 Å². The zero-order valence-electron chi connectivity index (χ0n) is 12.6. The van der Waals surface area contributed by atoms with Gasteiger partial charge in [-0.1, -0.05) is 13.8 Å². The molecule has 0 bridgehead atoms. The van der Waals surface area contributed by atoms with Crippen LogP contribution in [0.2, 0.25) is 0 Å². The Hall–Kier alpha value is -0.0400. The molecule has 1 spiro atoms. The van der Waals surface area contributed by atoms with Crippen LogP contribution in [0.3, 0.4) is 0 Å². The molecule has 0 radical (unpaired) electrons. The fourth-order valence-corrected chi connectivity index (χ4v) is 3.83. The largest absolute Gasteiger partial charge is 0.298 e. The smallest absolute Gasteiger partial charge is 0.0125 e. The molecule has 1 nitrogen and oxygen atoms in total. The summed E-state index contributed by atoms with van der Waals surface area (Å²) in [5.41, 5.74) is 1.07. The number of nitrogens with zero attached hydrogens (tertiary/aromatic N) is 1. The Kier molecular flexibility index (Phi) is 3.60. The topological polar surface area (TPSA) is 3.24 Å². The van der Waals surface area contributed by atoms with Crippen LogP contribution in [0.15, 0.2) is 0 Å². The third-order valence-electron chi connectivity index (χ3n) is 5.42. The molecule has 0 unspecified atom stereocenters. The first-order chi connectivity index (χ1) is 7.82. The van der Waals surface area contributed by atoms with Crippen molar-refractivity contribution in [2.24, 2.45) is 17.3 Å². The van der Waals surface area contributed by atoms with Gasteiger partial charge < -0.3 is 0 Å². The molecule has 1 heterocycles. The summed E-state index contributed by atoms with van der Waals surface area (Å²) in [6.07, 6.45) is 7.39. The van der Waals surface area contributed by atoms with E-state index in [9.17, 15) is 0 Å². The van der Waals surface area contributed by atoms with Crippen LogP contribution in [0.5, 0.6) is 0 Å². The van der Waals surface area contributed by atoms with Gasteiger partial charge in [-0.2, -0.15) is 0 Å². The van der Waals surface area contributed by atoms with Crippen LogP contribution in [0.4, 0.5) is 0 Å². The molecule has 100 valence electrons. The molecule has 0 amide bonds. The van der Waals surface area contributed by atoms with Crippen molar-refractivity contribution in [1.29, 1.82) is 0 Å². The van der Waals surface area contributed by atoms with Crippen molar-refractivity contribution in [2.45, 2.75) is 72.3 Å². The van der Waals surface area contributed by atoms with Crippen molar-refractivity contribution in [3.8, 4) is 0 Å². The Morgan fingerprint density at radius 3 is 2.06 bits per heavy atom. The zero-order valence-corrected chi connectivity index (χ0v) is 12.6. The van der Waals surface area contributed by atoms with Gasteiger partial charge in [0, 0.05) is 12.1 Å². The molecule has 0 aromatic heterocycles. The molecular weight excluding hydrogens is 206 g/mol. The van der Waals surface area contributed by atoms with E-state index in [1.54, 1.807) is 0 Å². The molecule has 0 aromatic carbocycles. The average Bonchev–Trinajstić information content (AvgIpc) is 2.62. The standard InChI is InChI=1S/C16H31N/c1-13(2)14-6-8-16(9-7-14)10-11-17(12-16)15(3,4)5/h13-14H,6-12H2,1-5H3. The first-order valence-corrected chi connectivity index (χ1v) is 7.57. The lowest BCUT2D eigenvalue weighted by molar-refractivity contribution is 0.101. The molecule has 2 rings (SSSR count). The van der Waals surface area contributed by atoms with E-state index in [4.69, 9.17) is 0 Å². The summed E-state index contributed by atoms with van der Waals surface area (Å²) < 4.78 is 0. The van der Waals surface area contributed by atoms with E-state index >= 15 is 0 Å². The van der Waals surface area contributed by atoms with E-state index in [1.807, 2.05) is 0 Å². The normalized spacial score (nSPS) is 36.0. The lowest BCUT2D eigenvalue weighted by Gasteiger charge is -2.40. The van der Waals surface area contributed by atoms with E-state index in [2.05, 4.69) is 39.5 Å². The van der Waals surface area contributed by atoms with Crippen LogP contribution in [0.1, 0.15) is 66.7 Å². The summed E-state index contributed by atoms with van der Waals surface area (Å²) in [6, 6.07) is 0. The van der Waals surface area contributed by atoms with Gasteiger partial charge in [0.2, 0.25) is 0 Å². The van der Waals surface area contributed by atoms with Gasteiger partial charge in [-0.05, 0) is 76.7 Å². The number of likely N-dealkylation sites (tertiary alicyclic amines) is 1. The van der Waals surface area contributed by atoms with E-state index in [0.29, 0.717) is 11.0 Å². The lowest BCUT2D eigenvalue weighted by atomic mass is 9.67. The van der Waals surface area contributed by atoms with Gasteiger partial charge >= 0.3 is 0 Å². The molecule has 1 aliphatic carbocycles. The lowest BCUT2D eigenvalue weighted by Crippen LogP contribution is -2.41. The Balaban J connectivity index is 1.92. The minimum absolute atomic E-state index is 0.373. The van der Waals surface area contributed by atoms with Gasteiger partial charge in [0.05, 0.1) is 0 Å². The summed E-state index contributed by atoms with van der Waals surface area (Å²) in [5, 5.41) is 0. The fourth-order valence-electron chi connectivity index (χ4n) is 3.83. The Morgan fingerprint density at radius 2 is 1.65 bits per heavy atom. The highest BCUT2D eigenvalue weighted by Gasteiger charge is 2.43. The molecule has 0 aromatic rings. The van der Waals surface area contributed by atoms with Crippen molar-refractivity contribution in [2.75, 3.05) is 13.1 Å². The highest BCUT2D eigenvalue weighted by atomic mass is 15.2. The third-order valence-corrected chi connectivity index (χ3v) is 5.42. The van der Waals surface area contributed by atoms with Crippen LogP contribution in [0.25, 0.3) is 0 Å². The highest BCUT2D eigenvalue weighted by Crippen LogP contribution is 2.48. The minimum Gasteiger partial charge on any atom is -0.298 e. The molecule has 1 saturated carbocycles. The van der Waals surface area contributed by atoms with Gasteiger partial charge in [0.1, 0.15) is 0 Å². The zero-order chi connectivity index (χ0) is 12.7. The molecular formula is C16H31N. The number of rotatable bonds is 1. The second kappa shape index (κ2) is 4.57. The minimum atomic E-state index is 0.373. The maximum absolute atomic E-state index is 2.71. The summed E-state index contributed by atoms with van der Waals surface area (Å²) in [5.74, 6) is 1.90. The second-order valence-electron chi connectivity index (χ2n) is 7.92. The van der Waals surface area contributed by atoms with Crippen molar-refractivity contribution in [1.82, 2.24) is 4.90 Å². The Bertz CT molecular complexity index is 253. The third kappa shape index (κ3) is 2.86. The van der Waals surface area contributed by atoms with Crippen molar-refractivity contribution in [3.63, 3.8) is 0 Å². The van der Waals surface area contributed by atoms with Crippen molar-refractivity contribution < 1.29 is 0 Å². The van der Waals surface area contributed by atoms with Crippen LogP contribution in [0, 0.1) is 17.3 Å². The number of hydrogen-bond donors (Lipinski definition) is 0. The Morgan fingerprint density at radius 1 is 1.06 bits per heavy atom. The molecule has 1 saturated heterocycles. The number of hydrogen-bond acceptors (Lipinski definition) is 1. The fraction of sp³-hybridized carbons (Fsp3) is 1.00. The molecule has 0 N–H and O–H groups in total. The van der Waals surface area contributed by atoms with Gasteiger partial charge in [-0.3, -0.25) is 4.90 Å². The molecule has 17 heavy (non-hydrogen) atoms. The van der Waals surface area contributed by atoms with Gasteiger partial charge in [0.15, 0.2) is 0 Å². The maximum atomic E-state index is 2.71. The predicted octanol–water partition coefficient (Wildman–Crippen LogP) is 4.32. The maximum Gasteiger partial charge on any atom is 0.0125 e. The van der Waals surface area contributed by atoms with Gasteiger partial charge in [-0.25, -0.2) is 0 Å². The van der Waals surface area contributed by atoms with Crippen LogP contribution >= 0.6 is 0 Å². The molecule has 2 aliphatic rings. The monoisotopic (exact) mass is 237 g/mol. The average molecular weight is 237 g/mol. The van der Waals surface area contributed by atoms with Crippen molar-refractivity contribution in [3.05, 3.63) is 0 Å². The predicted molar refractivity (Wildman–Crippen MR) is 75.2 cm³/mol. The van der Waals surface area contributed by atoms with Gasteiger partial charge in [-0.15, -0.1) is 0 Å². The molecule has 2 fully saturated rings. The summed E-state index contributed by atoms with van der Waals surface area (Å²) in [4.78, 5) is 2.71. The first kappa shape index (κ1) is 13.4. The first-order valence-electron chi connectivity index (χ1n) is 7.57. The summed E-state index contributed by atoms with van der Waals surface area (Å²) in [7, 11) is 0. The van der Waals surface area contributed by atoms with Crippen LogP contribution in [-0.4, -0.2) is 23.5 Å². The van der Waals surface area contributed by atoms with E-state index in [0.717, 1.165) is 11.8 Å². The van der Waals surface area contributed by atoms with E-state index in [1.165, 1.54) is 45.2 Å². The summed E-state index contributed by atoms with van der Waals surface area (Å²) >= 11 is 0. The second-order valence-corrected chi connectivity index (χ2v) is 7.92. The van der Waals surface area contributed by atoms with Gasteiger partial charge in [0.25, 0.3) is 0 Å². The molecule has 1 heteroatoms. The molecule has 1 aliphatic heterocycles. The SMILES string of the molecule is CC(C)C1CCC2(CC1)CCN(C(C)(C)C)C2. The van der Waals surface area contributed by atoms with Crippen LogP contribution in [-0.2, 0) is 0 Å².